The van der Waals surface area contributed by atoms with Gasteiger partial charge in [0.15, 0.2) is 6.10 Å². The van der Waals surface area contributed by atoms with Gasteiger partial charge in [0.1, 0.15) is 11.5 Å². The maximum absolute atomic E-state index is 12.7. The summed E-state index contributed by atoms with van der Waals surface area (Å²) in [5, 5.41) is 2.77. The van der Waals surface area contributed by atoms with Crippen molar-refractivity contribution in [3.8, 4) is 11.5 Å². The number of carbonyl (C=O) groups excluding carboxylic acids is 1. The number of carbonyl (C=O) groups is 1. The molecule has 150 valence electrons. The molecule has 1 aliphatic heterocycles. The third kappa shape index (κ3) is 4.56. The summed E-state index contributed by atoms with van der Waals surface area (Å²) in [6.45, 7) is 5.65. The molecule has 2 aromatic carbocycles. The van der Waals surface area contributed by atoms with E-state index in [2.05, 4.69) is 5.32 Å². The number of hydrogen-bond donors (Lipinski definition) is 1. The molecule has 0 radical (unpaired) electrons. The first-order chi connectivity index (χ1) is 13.1. The van der Waals surface area contributed by atoms with Gasteiger partial charge in [-0.05, 0) is 62.7 Å². The Morgan fingerprint density at radius 1 is 1.21 bits per heavy atom. The van der Waals surface area contributed by atoms with E-state index in [9.17, 15) is 13.2 Å². The Morgan fingerprint density at radius 3 is 2.50 bits per heavy atom. The standard InChI is InChI=1S/C20H24N2O5S/c1-13(2)26-16-8-6-15(7-9-16)21-20(23)19-12-22(28(4,24)25)17-11-14(3)5-10-18(17)27-19/h5-11,13,19H,12H2,1-4H3,(H,21,23). The summed E-state index contributed by atoms with van der Waals surface area (Å²) in [7, 11) is -3.56. The highest BCUT2D eigenvalue weighted by Crippen LogP contribution is 2.36. The molecule has 3 rings (SSSR count). The van der Waals surface area contributed by atoms with Gasteiger partial charge in [-0.1, -0.05) is 6.07 Å². The molecule has 0 spiro atoms. The number of ether oxygens (including phenoxy) is 2. The van der Waals surface area contributed by atoms with E-state index in [-0.39, 0.29) is 12.6 Å². The lowest BCUT2D eigenvalue weighted by molar-refractivity contribution is -0.122. The van der Waals surface area contributed by atoms with Crippen molar-refractivity contribution in [1.29, 1.82) is 0 Å². The summed E-state index contributed by atoms with van der Waals surface area (Å²) < 4.78 is 37.0. The zero-order valence-corrected chi connectivity index (χ0v) is 17.1. The number of nitrogens with one attached hydrogen (secondary N) is 1. The summed E-state index contributed by atoms with van der Waals surface area (Å²) >= 11 is 0. The van der Waals surface area contributed by atoms with Gasteiger partial charge in [-0.3, -0.25) is 9.10 Å². The minimum atomic E-state index is -3.56. The predicted octanol–water partition coefficient (Wildman–Crippen LogP) is 2.95. The largest absolute Gasteiger partial charge is 0.491 e. The van der Waals surface area contributed by atoms with Crippen molar-refractivity contribution in [2.45, 2.75) is 33.0 Å². The van der Waals surface area contributed by atoms with Crippen molar-refractivity contribution in [2.75, 3.05) is 22.4 Å². The van der Waals surface area contributed by atoms with Gasteiger partial charge in [-0.2, -0.15) is 0 Å². The van der Waals surface area contributed by atoms with Crippen molar-refractivity contribution in [3.63, 3.8) is 0 Å². The van der Waals surface area contributed by atoms with E-state index in [1.54, 1.807) is 36.4 Å². The van der Waals surface area contributed by atoms with E-state index in [0.717, 1.165) is 11.8 Å². The van der Waals surface area contributed by atoms with Crippen LogP contribution >= 0.6 is 0 Å². The van der Waals surface area contributed by atoms with Crippen molar-refractivity contribution in [3.05, 3.63) is 48.0 Å². The second-order valence-electron chi connectivity index (χ2n) is 7.05. The maximum atomic E-state index is 12.7. The van der Waals surface area contributed by atoms with Crippen molar-refractivity contribution >= 4 is 27.3 Å². The molecule has 0 fully saturated rings. The van der Waals surface area contributed by atoms with E-state index in [4.69, 9.17) is 9.47 Å². The number of benzene rings is 2. The lowest BCUT2D eigenvalue weighted by atomic mass is 10.1. The van der Waals surface area contributed by atoms with E-state index in [0.29, 0.717) is 22.9 Å². The first-order valence-electron chi connectivity index (χ1n) is 8.96. The first-order valence-corrected chi connectivity index (χ1v) is 10.8. The fraction of sp³-hybridized carbons (Fsp3) is 0.350. The molecular weight excluding hydrogens is 380 g/mol. The van der Waals surface area contributed by atoms with Crippen LogP contribution < -0.4 is 19.1 Å². The van der Waals surface area contributed by atoms with Gasteiger partial charge in [-0.15, -0.1) is 0 Å². The third-order valence-electron chi connectivity index (χ3n) is 4.17. The fourth-order valence-corrected chi connectivity index (χ4v) is 3.83. The Morgan fingerprint density at radius 2 is 1.89 bits per heavy atom. The van der Waals surface area contributed by atoms with Crippen LogP contribution in [0.3, 0.4) is 0 Å². The molecule has 0 saturated carbocycles. The van der Waals surface area contributed by atoms with Gasteiger partial charge in [0.2, 0.25) is 10.0 Å². The highest BCUT2D eigenvalue weighted by atomic mass is 32.2. The van der Waals surface area contributed by atoms with Gasteiger partial charge in [-0.25, -0.2) is 8.42 Å². The number of fused-ring (bicyclic) bond motifs is 1. The van der Waals surface area contributed by atoms with E-state index in [1.165, 1.54) is 4.31 Å². The van der Waals surface area contributed by atoms with Gasteiger partial charge < -0.3 is 14.8 Å². The lowest BCUT2D eigenvalue weighted by Gasteiger charge is -2.34. The monoisotopic (exact) mass is 404 g/mol. The molecule has 1 N–H and O–H groups in total. The Hall–Kier alpha value is -2.74. The predicted molar refractivity (Wildman–Crippen MR) is 109 cm³/mol. The molecule has 8 heteroatoms. The molecule has 1 heterocycles. The average molecular weight is 404 g/mol. The van der Waals surface area contributed by atoms with Gasteiger partial charge >= 0.3 is 0 Å². The summed E-state index contributed by atoms with van der Waals surface area (Å²) in [6.07, 6.45) is 0.214. The zero-order chi connectivity index (χ0) is 20.5. The second kappa shape index (κ2) is 7.71. The molecule has 7 nitrogen and oxygen atoms in total. The van der Waals surface area contributed by atoms with Gasteiger partial charge in [0.05, 0.1) is 24.6 Å². The van der Waals surface area contributed by atoms with Gasteiger partial charge in [0, 0.05) is 5.69 Å². The SMILES string of the molecule is Cc1ccc2c(c1)N(S(C)(=O)=O)CC(C(=O)Nc1ccc(OC(C)C)cc1)O2. The zero-order valence-electron chi connectivity index (χ0n) is 16.3. The smallest absolute Gasteiger partial charge is 0.267 e. The molecule has 1 aliphatic rings. The number of amides is 1. The number of hydrogen-bond acceptors (Lipinski definition) is 5. The van der Waals surface area contributed by atoms with E-state index >= 15 is 0 Å². The number of aryl methyl sites for hydroxylation is 1. The third-order valence-corrected chi connectivity index (χ3v) is 5.32. The van der Waals surface area contributed by atoms with Crippen molar-refractivity contribution < 1.29 is 22.7 Å². The average Bonchev–Trinajstić information content (AvgIpc) is 2.61. The molecule has 0 aliphatic carbocycles. The molecule has 1 atom stereocenters. The van der Waals surface area contributed by atoms with Crippen LogP contribution in [0.5, 0.6) is 11.5 Å². The van der Waals surface area contributed by atoms with Crippen LogP contribution in [0.25, 0.3) is 0 Å². The molecule has 1 unspecified atom stereocenters. The maximum Gasteiger partial charge on any atom is 0.267 e. The first kappa shape index (κ1) is 20.0. The molecule has 0 bridgehead atoms. The van der Waals surface area contributed by atoms with Crippen molar-refractivity contribution in [2.24, 2.45) is 0 Å². The molecule has 1 amide bonds. The van der Waals surface area contributed by atoms with Crippen LogP contribution in [0, 0.1) is 6.92 Å². The fourth-order valence-electron chi connectivity index (χ4n) is 2.92. The second-order valence-corrected chi connectivity index (χ2v) is 8.96. The minimum absolute atomic E-state index is 0.0572. The summed E-state index contributed by atoms with van der Waals surface area (Å²) in [5.74, 6) is 0.648. The number of anilines is 2. The number of sulfonamides is 1. The van der Waals surface area contributed by atoms with Crippen LogP contribution in [-0.2, 0) is 14.8 Å². The van der Waals surface area contributed by atoms with Crippen LogP contribution in [0.4, 0.5) is 11.4 Å². The van der Waals surface area contributed by atoms with Crippen LogP contribution in [0.15, 0.2) is 42.5 Å². The Balaban J connectivity index is 1.78. The Bertz CT molecular complexity index is 971. The normalized spacial score (nSPS) is 16.3. The number of nitrogens with zero attached hydrogens (tertiary/aromatic N) is 1. The highest BCUT2D eigenvalue weighted by molar-refractivity contribution is 7.92. The highest BCUT2D eigenvalue weighted by Gasteiger charge is 2.35. The molecule has 0 saturated heterocycles. The minimum Gasteiger partial charge on any atom is -0.491 e. The summed E-state index contributed by atoms with van der Waals surface area (Å²) in [6, 6.07) is 12.2. The summed E-state index contributed by atoms with van der Waals surface area (Å²) in [5.41, 5.74) is 1.93. The van der Waals surface area contributed by atoms with Gasteiger partial charge in [0.25, 0.3) is 5.91 Å². The quantitative estimate of drug-likeness (QED) is 0.828. The van der Waals surface area contributed by atoms with Crippen LogP contribution in [0.1, 0.15) is 19.4 Å². The van der Waals surface area contributed by atoms with Crippen LogP contribution in [-0.4, -0.2) is 39.3 Å². The molecule has 2 aromatic rings. The number of rotatable bonds is 5. The molecular formula is C20H24N2O5S. The van der Waals surface area contributed by atoms with E-state index in [1.807, 2.05) is 26.8 Å². The van der Waals surface area contributed by atoms with Crippen LogP contribution in [0.2, 0.25) is 0 Å². The van der Waals surface area contributed by atoms with Crippen molar-refractivity contribution in [1.82, 2.24) is 0 Å². The topological polar surface area (TPSA) is 84.9 Å². The Labute approximate surface area is 165 Å². The van der Waals surface area contributed by atoms with E-state index < -0.39 is 22.0 Å². The Kier molecular flexibility index (Phi) is 5.51. The molecule has 0 aromatic heterocycles. The lowest BCUT2D eigenvalue weighted by Crippen LogP contribution is -2.48. The molecule has 28 heavy (non-hydrogen) atoms. The summed E-state index contributed by atoms with van der Waals surface area (Å²) in [4.78, 5) is 12.7.